The van der Waals surface area contributed by atoms with E-state index in [-0.39, 0.29) is 4.47 Å². The average molecular weight is 338 g/mol. The monoisotopic (exact) mass is 337 g/mol. The van der Waals surface area contributed by atoms with Crippen LogP contribution in [0.25, 0.3) is 0 Å². The Morgan fingerprint density at radius 2 is 2.00 bits per heavy atom. The molecule has 0 aromatic heterocycles. The molecule has 0 aliphatic rings. The lowest BCUT2D eigenvalue weighted by Gasteiger charge is -2.13. The predicted molar refractivity (Wildman–Crippen MR) is 71.8 cm³/mol. The first kappa shape index (κ1) is 15.1. The van der Waals surface area contributed by atoms with E-state index in [1.54, 1.807) is 6.92 Å². The van der Waals surface area contributed by atoms with Crippen molar-refractivity contribution in [2.24, 2.45) is 0 Å². The average Bonchev–Trinajstić information content (AvgIpc) is 2.23. The third-order valence-electron chi connectivity index (χ3n) is 2.54. The summed E-state index contributed by atoms with van der Waals surface area (Å²) in [6.07, 6.45) is 0.991. The number of halogens is 2. The largest absolute Gasteiger partial charge is 0.325 e. The number of aryl methyl sites for hydroxylation is 1. The number of carbonyl (C=O) groups is 1. The van der Waals surface area contributed by atoms with Crippen molar-refractivity contribution in [3.8, 4) is 0 Å². The number of hydrogen-bond acceptors (Lipinski definition) is 3. The zero-order valence-electron chi connectivity index (χ0n) is 10.1. The van der Waals surface area contributed by atoms with E-state index in [0.29, 0.717) is 11.3 Å². The fraction of sp³-hybridized carbons (Fsp3) is 0.364. The summed E-state index contributed by atoms with van der Waals surface area (Å²) in [4.78, 5) is 11.7. The molecule has 0 saturated carbocycles. The van der Waals surface area contributed by atoms with Gasteiger partial charge in [-0.3, -0.25) is 4.79 Å². The summed E-state index contributed by atoms with van der Waals surface area (Å²) in [6, 6.07) is 2.66. The van der Waals surface area contributed by atoms with Crippen molar-refractivity contribution in [3.05, 3.63) is 28.0 Å². The van der Waals surface area contributed by atoms with Crippen LogP contribution in [0.1, 0.15) is 12.5 Å². The summed E-state index contributed by atoms with van der Waals surface area (Å²) >= 11 is 3.00. The van der Waals surface area contributed by atoms with Gasteiger partial charge in [-0.05, 0) is 47.5 Å². The van der Waals surface area contributed by atoms with E-state index in [9.17, 15) is 17.6 Å². The van der Waals surface area contributed by atoms with E-state index in [0.717, 1.165) is 6.26 Å². The summed E-state index contributed by atoms with van der Waals surface area (Å²) in [7, 11) is -3.45. The van der Waals surface area contributed by atoms with Crippen LogP contribution in [0.5, 0.6) is 0 Å². The maximum absolute atomic E-state index is 13.2. The first-order chi connectivity index (χ1) is 8.12. The molecular formula is C11H13BrFNO3S. The van der Waals surface area contributed by atoms with Gasteiger partial charge in [0.15, 0.2) is 9.84 Å². The first-order valence-corrected chi connectivity index (χ1v) is 7.83. The summed E-state index contributed by atoms with van der Waals surface area (Å²) in [5, 5.41) is 1.32. The summed E-state index contributed by atoms with van der Waals surface area (Å²) in [5.41, 5.74) is 0.897. The van der Waals surface area contributed by atoms with Crippen LogP contribution in [0, 0.1) is 12.7 Å². The number of hydrogen-bond donors (Lipinski definition) is 1. The fourth-order valence-electron chi connectivity index (χ4n) is 1.21. The molecule has 7 heteroatoms. The maximum Gasteiger partial charge on any atom is 0.242 e. The lowest BCUT2D eigenvalue weighted by atomic mass is 10.2. The van der Waals surface area contributed by atoms with Crippen LogP contribution in [0.2, 0.25) is 0 Å². The van der Waals surface area contributed by atoms with Crippen molar-refractivity contribution >= 4 is 37.4 Å². The predicted octanol–water partition coefficient (Wildman–Crippen LogP) is 2.27. The second kappa shape index (κ2) is 5.36. The molecule has 0 aliphatic carbocycles. The van der Waals surface area contributed by atoms with E-state index >= 15 is 0 Å². The summed E-state index contributed by atoms with van der Waals surface area (Å²) in [5.74, 6) is -1.08. The van der Waals surface area contributed by atoms with Crippen molar-refractivity contribution in [1.29, 1.82) is 0 Å². The zero-order chi connectivity index (χ0) is 14.1. The number of carbonyl (C=O) groups excluding carboxylic acids is 1. The van der Waals surface area contributed by atoms with Gasteiger partial charge in [0, 0.05) is 11.9 Å². The van der Waals surface area contributed by atoms with Crippen LogP contribution in [0.4, 0.5) is 10.1 Å². The van der Waals surface area contributed by atoms with Crippen LogP contribution in [-0.4, -0.2) is 25.8 Å². The smallest absolute Gasteiger partial charge is 0.242 e. The first-order valence-electron chi connectivity index (χ1n) is 5.08. The van der Waals surface area contributed by atoms with Gasteiger partial charge in [-0.2, -0.15) is 0 Å². The minimum Gasteiger partial charge on any atom is -0.325 e. The second-order valence-electron chi connectivity index (χ2n) is 4.04. The van der Waals surface area contributed by atoms with Gasteiger partial charge in [-0.15, -0.1) is 0 Å². The fourth-order valence-corrected chi connectivity index (χ4v) is 2.00. The van der Waals surface area contributed by atoms with E-state index in [2.05, 4.69) is 21.2 Å². The number of rotatable bonds is 3. The quantitative estimate of drug-likeness (QED) is 0.920. The minimum atomic E-state index is -3.45. The molecule has 1 atom stereocenters. The number of benzene rings is 1. The van der Waals surface area contributed by atoms with Crippen molar-refractivity contribution in [2.75, 3.05) is 11.6 Å². The molecule has 100 valence electrons. The van der Waals surface area contributed by atoms with Gasteiger partial charge >= 0.3 is 0 Å². The van der Waals surface area contributed by atoms with Gasteiger partial charge in [-0.25, -0.2) is 12.8 Å². The number of anilines is 1. The van der Waals surface area contributed by atoms with Crippen LogP contribution in [0.15, 0.2) is 16.6 Å². The molecule has 4 nitrogen and oxygen atoms in total. The molecule has 0 heterocycles. The number of sulfone groups is 1. The highest BCUT2D eigenvalue weighted by molar-refractivity contribution is 9.10. The summed E-state index contributed by atoms with van der Waals surface area (Å²) in [6.45, 7) is 2.93. The maximum atomic E-state index is 13.2. The van der Waals surface area contributed by atoms with Crippen molar-refractivity contribution in [3.63, 3.8) is 0 Å². The Morgan fingerprint density at radius 1 is 1.44 bits per heavy atom. The normalized spacial score (nSPS) is 13.2. The highest BCUT2D eigenvalue weighted by Gasteiger charge is 2.24. The van der Waals surface area contributed by atoms with Crippen molar-refractivity contribution in [2.45, 2.75) is 19.1 Å². The molecule has 0 spiro atoms. The molecule has 0 fully saturated rings. The van der Waals surface area contributed by atoms with Crippen LogP contribution in [-0.2, 0) is 14.6 Å². The molecule has 1 amide bonds. The molecule has 18 heavy (non-hydrogen) atoms. The topological polar surface area (TPSA) is 63.2 Å². The molecular weight excluding hydrogens is 325 g/mol. The SMILES string of the molecule is Cc1cc(F)c(Br)cc1NC(=O)[C@@H](C)S(C)(=O)=O. The van der Waals surface area contributed by atoms with Crippen molar-refractivity contribution < 1.29 is 17.6 Å². The van der Waals surface area contributed by atoms with Gasteiger partial charge < -0.3 is 5.32 Å². The molecule has 0 unspecified atom stereocenters. The molecule has 0 bridgehead atoms. The Balaban J connectivity index is 2.99. The van der Waals surface area contributed by atoms with E-state index < -0.39 is 26.8 Å². The van der Waals surface area contributed by atoms with Gasteiger partial charge in [0.2, 0.25) is 5.91 Å². The Morgan fingerprint density at radius 3 is 2.50 bits per heavy atom. The molecule has 1 aromatic carbocycles. The Hall–Kier alpha value is -0.950. The third-order valence-corrected chi connectivity index (χ3v) is 4.64. The Kier molecular flexibility index (Phi) is 4.50. The molecule has 1 rings (SSSR count). The highest BCUT2D eigenvalue weighted by atomic mass is 79.9. The molecule has 1 N–H and O–H groups in total. The zero-order valence-corrected chi connectivity index (χ0v) is 12.5. The number of nitrogens with one attached hydrogen (secondary N) is 1. The third kappa shape index (κ3) is 3.52. The van der Waals surface area contributed by atoms with E-state index in [4.69, 9.17) is 0 Å². The van der Waals surface area contributed by atoms with Gasteiger partial charge in [-0.1, -0.05) is 0 Å². The highest BCUT2D eigenvalue weighted by Crippen LogP contribution is 2.24. The number of amides is 1. The standard InChI is InChI=1S/C11H13BrFNO3S/c1-6-4-9(13)8(12)5-10(6)14-11(15)7(2)18(3,16)17/h4-5,7H,1-3H3,(H,14,15)/t7-/m1/s1. The summed E-state index contributed by atoms with van der Waals surface area (Å²) < 4.78 is 35.9. The molecule has 0 aliphatic heterocycles. The Labute approximate surface area is 114 Å². The van der Waals surface area contributed by atoms with Gasteiger partial charge in [0.1, 0.15) is 11.1 Å². The molecule has 0 radical (unpaired) electrons. The van der Waals surface area contributed by atoms with E-state index in [1.165, 1.54) is 19.1 Å². The van der Waals surface area contributed by atoms with Crippen LogP contribution < -0.4 is 5.32 Å². The van der Waals surface area contributed by atoms with Crippen LogP contribution >= 0.6 is 15.9 Å². The van der Waals surface area contributed by atoms with Gasteiger partial charge in [0.05, 0.1) is 4.47 Å². The molecule has 1 aromatic rings. The van der Waals surface area contributed by atoms with Crippen LogP contribution in [0.3, 0.4) is 0 Å². The Bertz CT molecular complexity index is 586. The molecule has 0 saturated heterocycles. The lowest BCUT2D eigenvalue weighted by Crippen LogP contribution is -2.32. The van der Waals surface area contributed by atoms with Gasteiger partial charge in [0.25, 0.3) is 0 Å². The van der Waals surface area contributed by atoms with E-state index in [1.807, 2.05) is 0 Å². The second-order valence-corrected chi connectivity index (χ2v) is 7.26. The lowest BCUT2D eigenvalue weighted by molar-refractivity contribution is -0.115. The van der Waals surface area contributed by atoms with Crippen molar-refractivity contribution in [1.82, 2.24) is 0 Å². The minimum absolute atomic E-state index is 0.204.